The van der Waals surface area contributed by atoms with Crippen LogP contribution in [0.1, 0.15) is 33.1 Å². The van der Waals surface area contributed by atoms with Gasteiger partial charge in [0.05, 0.1) is 12.1 Å². The molecule has 0 spiro atoms. The SMILES string of the molecule is CCC(NC(=O)C(C)C(=O)O)C1CCCO1. The minimum atomic E-state index is -1.10. The second-order valence-electron chi connectivity index (χ2n) is 4.13. The first-order valence-electron chi connectivity index (χ1n) is 5.71. The molecule has 1 saturated heterocycles. The van der Waals surface area contributed by atoms with E-state index in [1.54, 1.807) is 0 Å². The standard InChI is InChI=1S/C11H19NO4/c1-3-8(9-5-4-6-16-9)12-10(13)7(2)11(14)15/h7-9H,3-6H2,1-2H3,(H,12,13)(H,14,15). The average Bonchev–Trinajstić information content (AvgIpc) is 2.77. The van der Waals surface area contributed by atoms with Crippen molar-refractivity contribution in [3.05, 3.63) is 0 Å². The highest BCUT2D eigenvalue weighted by molar-refractivity contribution is 5.96. The van der Waals surface area contributed by atoms with E-state index in [2.05, 4.69) is 5.32 Å². The van der Waals surface area contributed by atoms with Gasteiger partial charge in [-0.3, -0.25) is 9.59 Å². The average molecular weight is 229 g/mol. The van der Waals surface area contributed by atoms with Crippen LogP contribution in [0.2, 0.25) is 0 Å². The zero-order valence-corrected chi connectivity index (χ0v) is 9.73. The van der Waals surface area contributed by atoms with Crippen LogP contribution in [0, 0.1) is 5.92 Å². The van der Waals surface area contributed by atoms with Gasteiger partial charge in [-0.1, -0.05) is 6.92 Å². The molecule has 3 unspecified atom stereocenters. The van der Waals surface area contributed by atoms with E-state index < -0.39 is 17.8 Å². The summed E-state index contributed by atoms with van der Waals surface area (Å²) in [6.45, 7) is 4.07. The van der Waals surface area contributed by atoms with Crippen molar-refractivity contribution >= 4 is 11.9 Å². The topological polar surface area (TPSA) is 75.6 Å². The first-order chi connectivity index (χ1) is 7.56. The number of rotatable bonds is 5. The van der Waals surface area contributed by atoms with Crippen LogP contribution in [0.4, 0.5) is 0 Å². The lowest BCUT2D eigenvalue weighted by Gasteiger charge is -2.23. The number of carboxylic acids is 1. The zero-order chi connectivity index (χ0) is 12.1. The van der Waals surface area contributed by atoms with Crippen molar-refractivity contribution in [2.24, 2.45) is 5.92 Å². The Morgan fingerprint density at radius 2 is 2.25 bits per heavy atom. The summed E-state index contributed by atoms with van der Waals surface area (Å²) in [7, 11) is 0. The van der Waals surface area contributed by atoms with Crippen molar-refractivity contribution in [2.75, 3.05) is 6.61 Å². The Morgan fingerprint density at radius 1 is 1.56 bits per heavy atom. The summed E-state index contributed by atoms with van der Waals surface area (Å²) < 4.78 is 5.48. The number of nitrogens with one attached hydrogen (secondary N) is 1. The Kier molecular flexibility index (Phi) is 4.73. The summed E-state index contributed by atoms with van der Waals surface area (Å²) in [6.07, 6.45) is 2.73. The van der Waals surface area contributed by atoms with Gasteiger partial charge in [0.1, 0.15) is 5.92 Å². The van der Waals surface area contributed by atoms with Gasteiger partial charge in [-0.05, 0) is 26.2 Å². The van der Waals surface area contributed by atoms with Crippen LogP contribution >= 0.6 is 0 Å². The van der Waals surface area contributed by atoms with Gasteiger partial charge in [0.2, 0.25) is 5.91 Å². The number of carbonyl (C=O) groups is 2. The molecule has 1 aliphatic heterocycles. The van der Waals surface area contributed by atoms with E-state index in [0.717, 1.165) is 25.9 Å². The Bertz CT molecular complexity index is 261. The number of carboxylic acid groups (broad SMARTS) is 1. The fraction of sp³-hybridized carbons (Fsp3) is 0.818. The van der Waals surface area contributed by atoms with Crippen LogP contribution < -0.4 is 5.32 Å². The Labute approximate surface area is 95.2 Å². The molecule has 0 radical (unpaired) electrons. The van der Waals surface area contributed by atoms with Gasteiger partial charge in [0, 0.05) is 6.61 Å². The van der Waals surface area contributed by atoms with Crippen molar-refractivity contribution in [3.63, 3.8) is 0 Å². The molecule has 16 heavy (non-hydrogen) atoms. The Hall–Kier alpha value is -1.10. The van der Waals surface area contributed by atoms with Crippen LogP contribution in [0.25, 0.3) is 0 Å². The number of aliphatic carboxylic acids is 1. The smallest absolute Gasteiger partial charge is 0.315 e. The highest BCUT2D eigenvalue weighted by Crippen LogP contribution is 2.17. The predicted molar refractivity (Wildman–Crippen MR) is 58.0 cm³/mol. The summed E-state index contributed by atoms with van der Waals surface area (Å²) in [6, 6.07) is -0.0724. The van der Waals surface area contributed by atoms with E-state index in [4.69, 9.17) is 9.84 Å². The number of carbonyl (C=O) groups excluding carboxylic acids is 1. The zero-order valence-electron chi connectivity index (χ0n) is 9.73. The summed E-state index contributed by atoms with van der Waals surface area (Å²) in [5.41, 5.74) is 0. The van der Waals surface area contributed by atoms with Crippen molar-refractivity contribution in [1.82, 2.24) is 5.32 Å². The first-order valence-corrected chi connectivity index (χ1v) is 5.71. The molecule has 0 aromatic rings. The number of amides is 1. The molecule has 0 aliphatic carbocycles. The molecule has 1 fully saturated rings. The fourth-order valence-electron chi connectivity index (χ4n) is 1.80. The van der Waals surface area contributed by atoms with Gasteiger partial charge in [-0.25, -0.2) is 0 Å². The summed E-state index contributed by atoms with van der Waals surface area (Å²) >= 11 is 0. The molecule has 2 N–H and O–H groups in total. The van der Waals surface area contributed by atoms with Gasteiger partial charge < -0.3 is 15.2 Å². The highest BCUT2D eigenvalue weighted by atomic mass is 16.5. The van der Waals surface area contributed by atoms with Gasteiger partial charge >= 0.3 is 5.97 Å². The molecule has 92 valence electrons. The van der Waals surface area contributed by atoms with E-state index in [0.29, 0.717) is 0 Å². The molecule has 0 aromatic heterocycles. The molecule has 5 nitrogen and oxygen atoms in total. The van der Waals surface area contributed by atoms with Crippen molar-refractivity contribution in [3.8, 4) is 0 Å². The van der Waals surface area contributed by atoms with E-state index in [9.17, 15) is 9.59 Å². The number of hydrogen-bond donors (Lipinski definition) is 2. The molecular weight excluding hydrogens is 210 g/mol. The monoisotopic (exact) mass is 229 g/mol. The number of ether oxygens (including phenoxy) is 1. The molecule has 0 bridgehead atoms. The lowest BCUT2D eigenvalue weighted by Crippen LogP contribution is -2.46. The maximum Gasteiger partial charge on any atom is 0.315 e. The van der Waals surface area contributed by atoms with E-state index in [1.807, 2.05) is 6.92 Å². The van der Waals surface area contributed by atoms with Gasteiger partial charge in [0.25, 0.3) is 0 Å². The van der Waals surface area contributed by atoms with E-state index >= 15 is 0 Å². The minimum absolute atomic E-state index is 0.0370. The minimum Gasteiger partial charge on any atom is -0.481 e. The molecule has 0 saturated carbocycles. The molecule has 1 amide bonds. The molecule has 5 heteroatoms. The number of hydrogen-bond acceptors (Lipinski definition) is 3. The molecule has 0 aromatic carbocycles. The molecule has 1 heterocycles. The largest absolute Gasteiger partial charge is 0.481 e. The quantitative estimate of drug-likeness (QED) is 0.683. The Morgan fingerprint density at radius 3 is 2.69 bits per heavy atom. The van der Waals surface area contributed by atoms with E-state index in [-0.39, 0.29) is 12.1 Å². The maximum absolute atomic E-state index is 11.6. The molecular formula is C11H19NO4. The second-order valence-corrected chi connectivity index (χ2v) is 4.13. The van der Waals surface area contributed by atoms with Crippen molar-refractivity contribution in [2.45, 2.75) is 45.3 Å². The third-order valence-electron chi connectivity index (χ3n) is 2.94. The lowest BCUT2D eigenvalue weighted by atomic mass is 10.0. The predicted octanol–water partition coefficient (Wildman–Crippen LogP) is 0.781. The Balaban J connectivity index is 2.49. The van der Waals surface area contributed by atoms with Crippen LogP contribution in [0.3, 0.4) is 0 Å². The van der Waals surface area contributed by atoms with Gasteiger partial charge in [-0.15, -0.1) is 0 Å². The highest BCUT2D eigenvalue weighted by Gasteiger charge is 2.29. The summed E-state index contributed by atoms with van der Waals surface area (Å²) in [4.78, 5) is 22.2. The van der Waals surface area contributed by atoms with Crippen molar-refractivity contribution < 1.29 is 19.4 Å². The molecule has 3 atom stereocenters. The third-order valence-corrected chi connectivity index (χ3v) is 2.94. The summed E-state index contributed by atoms with van der Waals surface area (Å²) in [5.74, 6) is -2.54. The second kappa shape index (κ2) is 5.84. The fourth-order valence-corrected chi connectivity index (χ4v) is 1.80. The van der Waals surface area contributed by atoms with Gasteiger partial charge in [0.15, 0.2) is 0 Å². The lowest BCUT2D eigenvalue weighted by molar-refractivity contribution is -0.146. The van der Waals surface area contributed by atoms with Crippen LogP contribution in [0.15, 0.2) is 0 Å². The summed E-state index contributed by atoms with van der Waals surface area (Å²) in [5, 5.41) is 11.5. The maximum atomic E-state index is 11.6. The van der Waals surface area contributed by atoms with Crippen LogP contribution in [-0.2, 0) is 14.3 Å². The third kappa shape index (κ3) is 3.20. The van der Waals surface area contributed by atoms with Crippen molar-refractivity contribution in [1.29, 1.82) is 0 Å². The first kappa shape index (κ1) is 13.0. The molecule has 1 aliphatic rings. The van der Waals surface area contributed by atoms with Crippen LogP contribution in [0.5, 0.6) is 0 Å². The van der Waals surface area contributed by atoms with Gasteiger partial charge in [-0.2, -0.15) is 0 Å². The normalized spacial score (nSPS) is 23.8. The van der Waals surface area contributed by atoms with Crippen LogP contribution in [-0.4, -0.2) is 35.7 Å². The molecule has 1 rings (SSSR count). The van der Waals surface area contributed by atoms with E-state index in [1.165, 1.54) is 6.92 Å².